The summed E-state index contributed by atoms with van der Waals surface area (Å²) in [6.07, 6.45) is 0.450. The van der Waals surface area contributed by atoms with Crippen molar-refractivity contribution >= 4 is 45.2 Å². The van der Waals surface area contributed by atoms with Crippen LogP contribution >= 0.6 is 45.2 Å². The summed E-state index contributed by atoms with van der Waals surface area (Å²) in [6.45, 7) is 1.24. The first-order valence-electron chi connectivity index (χ1n) is 10.3. The van der Waals surface area contributed by atoms with Crippen LogP contribution in [0.5, 0.6) is 0 Å². The van der Waals surface area contributed by atoms with E-state index in [-0.39, 0.29) is 35.9 Å². The molecule has 4 nitrogen and oxygen atoms in total. The van der Waals surface area contributed by atoms with E-state index in [1.807, 2.05) is 12.1 Å². The number of fused-ring (bicyclic) bond motifs is 1. The molecule has 2 saturated heterocycles. The van der Waals surface area contributed by atoms with Gasteiger partial charge in [0.15, 0.2) is 0 Å². The van der Waals surface area contributed by atoms with Crippen molar-refractivity contribution in [3.8, 4) is 0 Å². The molecule has 162 valence electrons. The van der Waals surface area contributed by atoms with Gasteiger partial charge in [-0.15, -0.1) is 0 Å². The van der Waals surface area contributed by atoms with Crippen LogP contribution in [-0.2, 0) is 18.9 Å². The number of halogens is 2. The zero-order valence-corrected chi connectivity index (χ0v) is 21.4. The zero-order valence-electron chi connectivity index (χ0n) is 17.1. The van der Waals surface area contributed by atoms with E-state index < -0.39 is 0 Å². The summed E-state index contributed by atoms with van der Waals surface area (Å²) >= 11 is 4.90. The van der Waals surface area contributed by atoms with Crippen LogP contribution in [0.25, 0.3) is 0 Å². The number of methoxy groups -OCH3 is 1. The Balaban J connectivity index is 1.82. The van der Waals surface area contributed by atoms with Crippen molar-refractivity contribution in [1.82, 2.24) is 0 Å². The Bertz CT molecular complexity index is 790. The number of hydrogen-bond acceptors (Lipinski definition) is 4. The second-order valence-corrected chi connectivity index (χ2v) is 9.69. The highest BCUT2D eigenvalue weighted by molar-refractivity contribution is 14.1. The van der Waals surface area contributed by atoms with Crippen molar-refractivity contribution in [1.29, 1.82) is 0 Å². The van der Waals surface area contributed by atoms with Crippen molar-refractivity contribution in [2.45, 2.75) is 36.9 Å². The lowest BCUT2D eigenvalue weighted by Crippen LogP contribution is -2.49. The minimum atomic E-state index is -0.219. The van der Waals surface area contributed by atoms with E-state index in [9.17, 15) is 0 Å². The van der Waals surface area contributed by atoms with Gasteiger partial charge in [0, 0.05) is 22.4 Å². The fraction of sp³-hybridized carbons (Fsp3) is 0.500. The van der Waals surface area contributed by atoms with E-state index in [1.54, 1.807) is 7.11 Å². The molecule has 2 aromatic carbocycles. The summed E-state index contributed by atoms with van der Waals surface area (Å²) < 4.78 is 27.6. The van der Waals surface area contributed by atoms with Crippen LogP contribution in [-0.4, -0.2) is 47.5 Å². The Hall–Kier alpha value is -0.260. The summed E-state index contributed by atoms with van der Waals surface area (Å²) in [6, 6.07) is 20.9. The Morgan fingerprint density at radius 3 is 2.07 bits per heavy atom. The number of rotatable bonds is 5. The lowest BCUT2D eigenvalue weighted by Gasteiger charge is -2.39. The molecule has 6 atom stereocenters. The van der Waals surface area contributed by atoms with Gasteiger partial charge in [-0.1, -0.05) is 106 Å². The Labute approximate surface area is 206 Å². The van der Waals surface area contributed by atoms with E-state index >= 15 is 0 Å². The van der Waals surface area contributed by atoms with Crippen LogP contribution in [0, 0.1) is 5.41 Å². The largest absolute Gasteiger partial charge is 0.381 e. The first-order chi connectivity index (χ1) is 14.7. The van der Waals surface area contributed by atoms with Crippen LogP contribution in [0.4, 0.5) is 0 Å². The average molecular weight is 634 g/mol. The predicted octanol–water partition coefficient (Wildman–Crippen LogP) is 5.54. The van der Waals surface area contributed by atoms with Gasteiger partial charge in [0.05, 0.1) is 36.9 Å². The van der Waals surface area contributed by atoms with Gasteiger partial charge >= 0.3 is 0 Å². The number of benzene rings is 2. The lowest BCUT2D eigenvalue weighted by atomic mass is 9.78. The number of ether oxygens (including phenoxy) is 4. The SMILES string of the molecule is COC1C[C@@H](CI)O[C@H](c2ccccc2)[C@@H](c2ccccc2)OC2COC[C@]12CI. The van der Waals surface area contributed by atoms with Crippen molar-refractivity contribution in [3.63, 3.8) is 0 Å². The first kappa shape index (κ1) is 22.9. The number of alkyl halides is 2. The molecule has 2 heterocycles. The second-order valence-electron chi connectivity index (χ2n) is 8.04. The molecule has 30 heavy (non-hydrogen) atoms. The molecule has 2 aliphatic heterocycles. The average Bonchev–Trinajstić information content (AvgIpc) is 3.23. The quantitative estimate of drug-likeness (QED) is 0.320. The normalized spacial score (nSPS) is 34.6. The third kappa shape index (κ3) is 4.59. The van der Waals surface area contributed by atoms with Crippen LogP contribution in [0.2, 0.25) is 0 Å². The van der Waals surface area contributed by atoms with Crippen LogP contribution in [0.15, 0.2) is 60.7 Å². The van der Waals surface area contributed by atoms with Gasteiger partial charge in [-0.2, -0.15) is 0 Å². The first-order valence-corrected chi connectivity index (χ1v) is 13.4. The summed E-state index contributed by atoms with van der Waals surface area (Å²) in [5.41, 5.74) is 2.08. The van der Waals surface area contributed by atoms with Crippen molar-refractivity contribution in [3.05, 3.63) is 71.8 Å². The molecule has 6 heteroatoms. The second kappa shape index (κ2) is 10.6. The molecule has 0 amide bonds. The van der Waals surface area contributed by atoms with Crippen LogP contribution in [0.3, 0.4) is 0 Å². The number of hydrogen-bond donors (Lipinski definition) is 0. The Morgan fingerprint density at radius 1 is 0.933 bits per heavy atom. The molecule has 0 N–H and O–H groups in total. The highest BCUT2D eigenvalue weighted by Gasteiger charge is 2.53. The van der Waals surface area contributed by atoms with E-state index in [0.717, 1.165) is 26.4 Å². The third-order valence-corrected chi connectivity index (χ3v) is 8.69. The smallest absolute Gasteiger partial charge is 0.113 e. The Morgan fingerprint density at radius 2 is 1.53 bits per heavy atom. The maximum absolute atomic E-state index is 6.93. The minimum Gasteiger partial charge on any atom is -0.381 e. The van der Waals surface area contributed by atoms with Crippen LogP contribution in [0.1, 0.15) is 29.8 Å². The molecule has 0 aromatic heterocycles. The highest BCUT2D eigenvalue weighted by atomic mass is 127. The monoisotopic (exact) mass is 634 g/mol. The van der Waals surface area contributed by atoms with Gasteiger partial charge in [-0.05, 0) is 11.1 Å². The van der Waals surface area contributed by atoms with Crippen molar-refractivity contribution in [2.75, 3.05) is 29.2 Å². The molecular formula is C24H28I2O4. The lowest BCUT2D eigenvalue weighted by molar-refractivity contribution is -0.133. The summed E-state index contributed by atoms with van der Waals surface area (Å²) in [4.78, 5) is 0. The van der Waals surface area contributed by atoms with Crippen molar-refractivity contribution < 1.29 is 18.9 Å². The van der Waals surface area contributed by atoms with Crippen molar-refractivity contribution in [2.24, 2.45) is 5.41 Å². The van der Waals surface area contributed by atoms with E-state index in [1.165, 1.54) is 0 Å². The third-order valence-electron chi connectivity index (χ3n) is 6.29. The van der Waals surface area contributed by atoms with E-state index in [2.05, 4.69) is 93.7 Å². The van der Waals surface area contributed by atoms with Gasteiger partial charge in [-0.3, -0.25) is 0 Å². The molecular weight excluding hydrogens is 606 g/mol. The fourth-order valence-corrected chi connectivity index (χ4v) is 6.35. The molecule has 0 aliphatic carbocycles. The van der Waals surface area contributed by atoms with Gasteiger partial charge in [0.1, 0.15) is 12.2 Å². The summed E-state index contributed by atoms with van der Waals surface area (Å²) in [5, 5.41) is 0. The Kier molecular flexibility index (Phi) is 8.08. The highest BCUT2D eigenvalue weighted by Crippen LogP contribution is 2.47. The van der Waals surface area contributed by atoms with E-state index in [4.69, 9.17) is 18.9 Å². The summed E-state index contributed by atoms with van der Waals surface area (Å²) in [7, 11) is 1.81. The van der Waals surface area contributed by atoms with Gasteiger partial charge in [0.2, 0.25) is 0 Å². The van der Waals surface area contributed by atoms with Gasteiger partial charge in [-0.25, -0.2) is 0 Å². The molecule has 2 unspecified atom stereocenters. The molecule has 0 radical (unpaired) electrons. The molecule has 4 rings (SSSR count). The summed E-state index contributed by atoms with van der Waals surface area (Å²) in [5.74, 6) is 0. The zero-order chi connectivity index (χ0) is 21.0. The predicted molar refractivity (Wildman–Crippen MR) is 135 cm³/mol. The van der Waals surface area contributed by atoms with Gasteiger partial charge in [0.25, 0.3) is 0 Å². The maximum atomic E-state index is 6.93. The molecule has 2 aliphatic rings. The maximum Gasteiger partial charge on any atom is 0.113 e. The standard InChI is InChI=1S/C24H28I2O4/c1-27-20-12-19(13-25)29-22(17-8-4-2-5-9-17)23(18-10-6-3-7-11-18)30-21-14-28-16-24(20,21)15-26/h2-11,19-23H,12-16H2,1H3/t19-,20?,21?,22+,23+,24+/m0/s1. The fourth-order valence-electron chi connectivity index (χ4n) is 4.58. The molecule has 0 bridgehead atoms. The minimum absolute atomic E-state index is 0.0209. The van der Waals surface area contributed by atoms with Gasteiger partial charge < -0.3 is 18.9 Å². The van der Waals surface area contributed by atoms with E-state index in [0.29, 0.717) is 13.2 Å². The van der Waals surface area contributed by atoms with Crippen LogP contribution < -0.4 is 0 Å². The molecule has 0 spiro atoms. The molecule has 2 aromatic rings. The molecule has 2 fully saturated rings. The topological polar surface area (TPSA) is 36.9 Å². The molecule has 0 saturated carbocycles.